The molecule has 6 heteroatoms. The van der Waals surface area contributed by atoms with Gasteiger partial charge in [0.2, 0.25) is 5.91 Å². The normalized spacial score (nSPS) is 18.0. The summed E-state index contributed by atoms with van der Waals surface area (Å²) < 4.78 is 10.6. The van der Waals surface area contributed by atoms with Crippen LogP contribution in [0.25, 0.3) is 11.0 Å². The standard InChI is InChI=1S/C19H21N3O3/c23-19(10-17-16-5-1-2-6-18(16)25-21-17)20-11-14-7-8-22(12-14)13-15-4-3-9-24-15/h1-6,9,14H,7-8,10-13H2,(H,20,23)/t14-/m1/s1. The summed E-state index contributed by atoms with van der Waals surface area (Å²) in [7, 11) is 0. The zero-order chi connectivity index (χ0) is 17.1. The maximum absolute atomic E-state index is 12.2. The Balaban J connectivity index is 1.25. The lowest BCUT2D eigenvalue weighted by molar-refractivity contribution is -0.120. The van der Waals surface area contributed by atoms with Crippen LogP contribution in [0.2, 0.25) is 0 Å². The Morgan fingerprint density at radius 2 is 2.20 bits per heavy atom. The molecule has 1 N–H and O–H groups in total. The van der Waals surface area contributed by atoms with E-state index >= 15 is 0 Å². The largest absolute Gasteiger partial charge is 0.468 e. The molecule has 0 unspecified atom stereocenters. The van der Waals surface area contributed by atoms with Gasteiger partial charge in [0.05, 0.1) is 19.2 Å². The number of rotatable bonds is 6. The van der Waals surface area contributed by atoms with Crippen LogP contribution in [0.5, 0.6) is 0 Å². The number of carbonyl (C=O) groups is 1. The van der Waals surface area contributed by atoms with E-state index in [0.29, 0.717) is 18.2 Å². The van der Waals surface area contributed by atoms with Crippen molar-refractivity contribution in [1.29, 1.82) is 0 Å². The smallest absolute Gasteiger partial charge is 0.226 e. The molecular formula is C19H21N3O3. The highest BCUT2D eigenvalue weighted by molar-refractivity contribution is 5.86. The molecule has 1 aromatic carbocycles. The number of hydrogen-bond acceptors (Lipinski definition) is 5. The minimum Gasteiger partial charge on any atom is -0.468 e. The van der Waals surface area contributed by atoms with Gasteiger partial charge in [0, 0.05) is 18.5 Å². The first-order valence-corrected chi connectivity index (χ1v) is 8.62. The number of aromatic nitrogens is 1. The summed E-state index contributed by atoms with van der Waals surface area (Å²) in [4.78, 5) is 14.6. The molecule has 3 heterocycles. The van der Waals surface area contributed by atoms with Crippen LogP contribution in [0, 0.1) is 5.92 Å². The molecule has 6 nitrogen and oxygen atoms in total. The molecule has 4 rings (SSSR count). The number of furan rings is 1. The Kier molecular flexibility index (Phi) is 4.52. The first-order chi connectivity index (χ1) is 12.3. The molecule has 3 aromatic rings. The Morgan fingerprint density at radius 1 is 1.28 bits per heavy atom. The quantitative estimate of drug-likeness (QED) is 0.747. The highest BCUT2D eigenvalue weighted by Gasteiger charge is 2.23. The fourth-order valence-electron chi connectivity index (χ4n) is 3.38. The lowest BCUT2D eigenvalue weighted by Gasteiger charge is -2.14. The number of benzene rings is 1. The van der Waals surface area contributed by atoms with Crippen LogP contribution in [0.15, 0.2) is 51.6 Å². The second kappa shape index (κ2) is 7.11. The molecule has 1 aliphatic heterocycles. The number of hydrogen-bond donors (Lipinski definition) is 1. The van der Waals surface area contributed by atoms with Crippen molar-refractivity contribution in [3.05, 3.63) is 54.1 Å². The molecule has 0 aliphatic carbocycles. The van der Waals surface area contributed by atoms with E-state index in [1.54, 1.807) is 6.26 Å². The van der Waals surface area contributed by atoms with Gasteiger partial charge in [0.25, 0.3) is 0 Å². The van der Waals surface area contributed by atoms with E-state index in [1.807, 2.05) is 36.4 Å². The molecule has 0 spiro atoms. The highest BCUT2D eigenvalue weighted by Crippen LogP contribution is 2.19. The second-order valence-corrected chi connectivity index (χ2v) is 6.58. The predicted molar refractivity (Wildman–Crippen MR) is 92.8 cm³/mol. The minimum atomic E-state index is -0.0106. The lowest BCUT2D eigenvalue weighted by atomic mass is 10.1. The van der Waals surface area contributed by atoms with E-state index < -0.39 is 0 Å². The van der Waals surface area contributed by atoms with Crippen molar-refractivity contribution >= 4 is 16.9 Å². The van der Waals surface area contributed by atoms with Gasteiger partial charge in [-0.05, 0) is 43.1 Å². The van der Waals surface area contributed by atoms with E-state index in [9.17, 15) is 4.79 Å². The summed E-state index contributed by atoms with van der Waals surface area (Å²) in [6.45, 7) is 3.55. The van der Waals surface area contributed by atoms with Crippen LogP contribution in [-0.4, -0.2) is 35.6 Å². The maximum Gasteiger partial charge on any atom is 0.226 e. The first-order valence-electron chi connectivity index (χ1n) is 8.62. The fourth-order valence-corrected chi connectivity index (χ4v) is 3.38. The van der Waals surface area contributed by atoms with Gasteiger partial charge in [0.1, 0.15) is 11.5 Å². The van der Waals surface area contributed by atoms with Crippen LogP contribution in [0.1, 0.15) is 17.9 Å². The van der Waals surface area contributed by atoms with Gasteiger partial charge in [0.15, 0.2) is 5.58 Å². The van der Waals surface area contributed by atoms with E-state index in [0.717, 1.165) is 42.8 Å². The molecule has 25 heavy (non-hydrogen) atoms. The molecule has 1 aliphatic rings. The Hall–Kier alpha value is -2.60. The fraction of sp³-hybridized carbons (Fsp3) is 0.368. The van der Waals surface area contributed by atoms with Crippen LogP contribution in [0.4, 0.5) is 0 Å². The average molecular weight is 339 g/mol. The SMILES string of the molecule is O=C(Cc1noc2ccccc12)NC[C@H]1CCN(Cc2ccco2)C1. The summed E-state index contributed by atoms with van der Waals surface area (Å²) >= 11 is 0. The maximum atomic E-state index is 12.2. The third-order valence-electron chi connectivity index (χ3n) is 4.70. The lowest BCUT2D eigenvalue weighted by Crippen LogP contribution is -2.32. The molecule has 0 saturated carbocycles. The van der Waals surface area contributed by atoms with Gasteiger partial charge < -0.3 is 14.3 Å². The molecule has 2 aromatic heterocycles. The van der Waals surface area contributed by atoms with Crippen LogP contribution >= 0.6 is 0 Å². The van der Waals surface area contributed by atoms with Crippen molar-refractivity contribution in [2.75, 3.05) is 19.6 Å². The Labute approximate surface area is 145 Å². The number of nitrogens with zero attached hydrogens (tertiary/aromatic N) is 2. The monoisotopic (exact) mass is 339 g/mol. The molecule has 0 radical (unpaired) electrons. The Bertz CT molecular complexity index is 841. The highest BCUT2D eigenvalue weighted by atomic mass is 16.5. The van der Waals surface area contributed by atoms with Gasteiger partial charge >= 0.3 is 0 Å². The summed E-state index contributed by atoms with van der Waals surface area (Å²) in [5, 5.41) is 7.96. The van der Waals surface area contributed by atoms with Crippen molar-refractivity contribution in [2.24, 2.45) is 5.92 Å². The van der Waals surface area contributed by atoms with Crippen LogP contribution in [0.3, 0.4) is 0 Å². The molecule has 1 fully saturated rings. The van der Waals surface area contributed by atoms with Gasteiger partial charge in [-0.15, -0.1) is 0 Å². The van der Waals surface area contributed by atoms with E-state index in [2.05, 4.69) is 15.4 Å². The number of carbonyl (C=O) groups excluding carboxylic acids is 1. The predicted octanol–water partition coefficient (Wildman–Crippen LogP) is 2.60. The summed E-state index contributed by atoms with van der Waals surface area (Å²) in [5.74, 6) is 1.46. The van der Waals surface area contributed by atoms with Crippen molar-refractivity contribution in [3.8, 4) is 0 Å². The third-order valence-corrected chi connectivity index (χ3v) is 4.70. The van der Waals surface area contributed by atoms with Gasteiger partial charge in [-0.3, -0.25) is 9.69 Å². The molecule has 1 atom stereocenters. The number of para-hydroxylation sites is 1. The summed E-state index contributed by atoms with van der Waals surface area (Å²) in [6.07, 6.45) is 3.05. The number of likely N-dealkylation sites (tertiary alicyclic amines) is 1. The van der Waals surface area contributed by atoms with E-state index in [4.69, 9.17) is 8.94 Å². The summed E-state index contributed by atoms with van der Waals surface area (Å²) in [6, 6.07) is 11.5. The number of nitrogens with one attached hydrogen (secondary N) is 1. The van der Waals surface area contributed by atoms with Crippen molar-refractivity contribution < 1.29 is 13.7 Å². The zero-order valence-electron chi connectivity index (χ0n) is 14.0. The third kappa shape index (κ3) is 3.74. The van der Waals surface area contributed by atoms with Gasteiger partial charge in [-0.1, -0.05) is 17.3 Å². The molecule has 1 amide bonds. The molecular weight excluding hydrogens is 318 g/mol. The van der Waals surface area contributed by atoms with Crippen LogP contribution in [-0.2, 0) is 17.8 Å². The van der Waals surface area contributed by atoms with Crippen molar-refractivity contribution in [1.82, 2.24) is 15.4 Å². The number of amides is 1. The molecule has 1 saturated heterocycles. The summed E-state index contributed by atoms with van der Waals surface area (Å²) in [5.41, 5.74) is 1.41. The molecule has 0 bridgehead atoms. The Morgan fingerprint density at radius 3 is 3.08 bits per heavy atom. The average Bonchev–Trinajstić information content (AvgIpc) is 3.36. The van der Waals surface area contributed by atoms with E-state index in [1.165, 1.54) is 0 Å². The van der Waals surface area contributed by atoms with Crippen LogP contribution < -0.4 is 5.32 Å². The van der Waals surface area contributed by atoms with Gasteiger partial charge in [-0.25, -0.2) is 0 Å². The molecule has 130 valence electrons. The minimum absolute atomic E-state index is 0.0106. The zero-order valence-corrected chi connectivity index (χ0v) is 14.0. The second-order valence-electron chi connectivity index (χ2n) is 6.58. The van der Waals surface area contributed by atoms with Crippen molar-refractivity contribution in [2.45, 2.75) is 19.4 Å². The number of fused-ring (bicyclic) bond motifs is 1. The van der Waals surface area contributed by atoms with E-state index in [-0.39, 0.29) is 12.3 Å². The topological polar surface area (TPSA) is 71.5 Å². The van der Waals surface area contributed by atoms with Gasteiger partial charge in [-0.2, -0.15) is 0 Å². The first kappa shape index (κ1) is 15.9. The van der Waals surface area contributed by atoms with Crippen molar-refractivity contribution in [3.63, 3.8) is 0 Å².